The predicted molar refractivity (Wildman–Crippen MR) is 51.0 cm³/mol. The van der Waals surface area contributed by atoms with Crippen molar-refractivity contribution in [3.63, 3.8) is 0 Å². The van der Waals surface area contributed by atoms with Gasteiger partial charge in [-0.3, -0.25) is 0 Å². The number of nitrogens with two attached hydrogens (primary N) is 1. The van der Waals surface area contributed by atoms with Crippen LogP contribution < -0.4 is 10.8 Å². The molecular formula is C10H20NO2-. The van der Waals surface area contributed by atoms with Gasteiger partial charge in [-0.05, 0) is 12.8 Å². The second kappa shape index (κ2) is 5.97. The van der Waals surface area contributed by atoms with Gasteiger partial charge >= 0.3 is 0 Å². The molecule has 0 fully saturated rings. The maximum absolute atomic E-state index is 10.8. The SMILES string of the molecule is CCCCC(N)(CCCC)C(=O)[O-]. The largest absolute Gasteiger partial charge is 0.548 e. The summed E-state index contributed by atoms with van der Waals surface area (Å²) < 4.78 is 0. The van der Waals surface area contributed by atoms with Crippen LogP contribution in [0.25, 0.3) is 0 Å². The van der Waals surface area contributed by atoms with Gasteiger partial charge in [0.15, 0.2) is 0 Å². The summed E-state index contributed by atoms with van der Waals surface area (Å²) in [6.45, 7) is 4.05. The van der Waals surface area contributed by atoms with Gasteiger partial charge in [0.05, 0.1) is 11.5 Å². The quantitative estimate of drug-likeness (QED) is 0.640. The Morgan fingerprint density at radius 2 is 1.62 bits per heavy atom. The fourth-order valence-corrected chi connectivity index (χ4v) is 1.31. The third kappa shape index (κ3) is 4.27. The third-order valence-corrected chi connectivity index (χ3v) is 2.36. The highest BCUT2D eigenvalue weighted by molar-refractivity contribution is 5.76. The van der Waals surface area contributed by atoms with Crippen molar-refractivity contribution in [3.05, 3.63) is 0 Å². The molecule has 0 radical (unpaired) electrons. The van der Waals surface area contributed by atoms with Crippen LogP contribution in [0.3, 0.4) is 0 Å². The zero-order valence-corrected chi connectivity index (χ0v) is 8.64. The van der Waals surface area contributed by atoms with Crippen LogP contribution in [0.15, 0.2) is 0 Å². The van der Waals surface area contributed by atoms with Gasteiger partial charge in [0.25, 0.3) is 0 Å². The molecule has 13 heavy (non-hydrogen) atoms. The van der Waals surface area contributed by atoms with Gasteiger partial charge in [0.2, 0.25) is 0 Å². The molecule has 0 bridgehead atoms. The lowest BCUT2D eigenvalue weighted by atomic mass is 9.88. The van der Waals surface area contributed by atoms with Gasteiger partial charge in [0, 0.05) is 0 Å². The molecule has 0 aliphatic heterocycles. The van der Waals surface area contributed by atoms with E-state index in [9.17, 15) is 9.90 Å². The maximum Gasteiger partial charge on any atom is 0.0613 e. The second-order valence-corrected chi connectivity index (χ2v) is 3.65. The minimum absolute atomic E-state index is 0.534. The van der Waals surface area contributed by atoms with Crippen molar-refractivity contribution in [1.82, 2.24) is 0 Å². The Morgan fingerprint density at radius 3 is 1.85 bits per heavy atom. The van der Waals surface area contributed by atoms with Crippen LogP contribution in [-0.2, 0) is 4.79 Å². The first-order valence-electron chi connectivity index (χ1n) is 5.07. The summed E-state index contributed by atoms with van der Waals surface area (Å²) in [6.07, 6.45) is 4.72. The van der Waals surface area contributed by atoms with Crippen LogP contribution in [0, 0.1) is 0 Å². The van der Waals surface area contributed by atoms with Gasteiger partial charge in [-0.1, -0.05) is 39.5 Å². The average molecular weight is 186 g/mol. The van der Waals surface area contributed by atoms with Gasteiger partial charge < -0.3 is 15.6 Å². The van der Waals surface area contributed by atoms with Crippen molar-refractivity contribution in [3.8, 4) is 0 Å². The molecule has 0 aromatic heterocycles. The molecule has 3 nitrogen and oxygen atoms in total. The minimum atomic E-state index is -1.10. The molecule has 2 N–H and O–H groups in total. The zero-order valence-electron chi connectivity index (χ0n) is 8.64. The van der Waals surface area contributed by atoms with E-state index in [4.69, 9.17) is 5.73 Å². The van der Waals surface area contributed by atoms with Gasteiger partial charge in [-0.2, -0.15) is 0 Å². The monoisotopic (exact) mass is 186 g/mol. The van der Waals surface area contributed by atoms with E-state index in [-0.39, 0.29) is 0 Å². The topological polar surface area (TPSA) is 66.2 Å². The van der Waals surface area contributed by atoms with Crippen LogP contribution in [0.2, 0.25) is 0 Å². The van der Waals surface area contributed by atoms with E-state index in [0.29, 0.717) is 12.8 Å². The van der Waals surface area contributed by atoms with Crippen molar-refractivity contribution in [1.29, 1.82) is 0 Å². The van der Waals surface area contributed by atoms with E-state index in [1.165, 1.54) is 0 Å². The molecule has 0 saturated heterocycles. The number of hydrogen-bond donors (Lipinski definition) is 1. The lowest BCUT2D eigenvalue weighted by molar-refractivity contribution is -0.313. The Hall–Kier alpha value is -0.570. The van der Waals surface area contributed by atoms with Gasteiger partial charge in [-0.25, -0.2) is 0 Å². The summed E-state index contributed by atoms with van der Waals surface area (Å²) in [4.78, 5) is 10.8. The first kappa shape index (κ1) is 12.4. The van der Waals surface area contributed by atoms with Gasteiger partial charge in [0.1, 0.15) is 0 Å². The molecule has 3 heteroatoms. The molecule has 78 valence electrons. The molecule has 0 unspecified atom stereocenters. The number of hydrogen-bond acceptors (Lipinski definition) is 3. The van der Waals surface area contributed by atoms with Crippen LogP contribution in [0.1, 0.15) is 52.4 Å². The standard InChI is InChI=1S/C10H21NO2/c1-3-5-7-10(11,9(12)13)8-6-4-2/h3-8,11H2,1-2H3,(H,12,13)/p-1. The summed E-state index contributed by atoms with van der Waals surface area (Å²) >= 11 is 0. The fourth-order valence-electron chi connectivity index (χ4n) is 1.31. The van der Waals surface area contributed by atoms with Crippen molar-refractivity contribution >= 4 is 5.97 Å². The highest BCUT2D eigenvalue weighted by atomic mass is 16.4. The first-order valence-corrected chi connectivity index (χ1v) is 5.07. The molecule has 0 aliphatic rings. The summed E-state index contributed by atoms with van der Waals surface area (Å²) in [7, 11) is 0. The first-order chi connectivity index (χ1) is 6.06. The third-order valence-electron chi connectivity index (χ3n) is 2.36. The Morgan fingerprint density at radius 1 is 1.23 bits per heavy atom. The predicted octanol–water partition coefficient (Wildman–Crippen LogP) is 0.814. The molecule has 0 saturated carbocycles. The number of carbonyl (C=O) groups is 1. The lowest BCUT2D eigenvalue weighted by Gasteiger charge is -2.30. The van der Waals surface area contributed by atoms with Crippen LogP contribution in [0.5, 0.6) is 0 Å². The molecule has 0 aliphatic carbocycles. The highest BCUT2D eigenvalue weighted by Gasteiger charge is 2.24. The maximum atomic E-state index is 10.8. The second-order valence-electron chi connectivity index (χ2n) is 3.65. The van der Waals surface area contributed by atoms with Crippen LogP contribution in [-0.4, -0.2) is 11.5 Å². The van der Waals surface area contributed by atoms with Crippen LogP contribution in [0.4, 0.5) is 0 Å². The lowest BCUT2D eigenvalue weighted by Crippen LogP contribution is -2.55. The molecule has 0 amide bonds. The molecule has 0 aromatic carbocycles. The molecule has 0 spiro atoms. The van der Waals surface area contributed by atoms with E-state index in [1.54, 1.807) is 0 Å². The van der Waals surface area contributed by atoms with Crippen molar-refractivity contribution < 1.29 is 9.90 Å². The van der Waals surface area contributed by atoms with Crippen molar-refractivity contribution in [2.24, 2.45) is 5.73 Å². The summed E-state index contributed by atoms with van der Waals surface area (Å²) in [5.74, 6) is -1.10. The van der Waals surface area contributed by atoms with E-state index in [1.807, 2.05) is 13.8 Å². The van der Waals surface area contributed by atoms with Crippen molar-refractivity contribution in [2.75, 3.05) is 0 Å². The number of unbranched alkanes of at least 4 members (excludes halogenated alkanes) is 2. The van der Waals surface area contributed by atoms with E-state index in [0.717, 1.165) is 25.7 Å². The van der Waals surface area contributed by atoms with Gasteiger partial charge in [-0.15, -0.1) is 0 Å². The normalized spacial score (nSPS) is 11.6. The summed E-state index contributed by atoms with van der Waals surface area (Å²) in [5, 5.41) is 10.8. The smallest absolute Gasteiger partial charge is 0.0613 e. The number of carbonyl (C=O) groups excluding carboxylic acids is 1. The van der Waals surface area contributed by atoms with E-state index in [2.05, 4.69) is 0 Å². The summed E-state index contributed by atoms with van der Waals surface area (Å²) in [5.41, 5.74) is 4.66. The number of carboxylic acids is 1. The zero-order chi connectivity index (χ0) is 10.3. The Labute approximate surface area is 80.3 Å². The Bertz CT molecular complexity index is 149. The summed E-state index contributed by atoms with van der Waals surface area (Å²) in [6, 6.07) is 0. The van der Waals surface area contributed by atoms with Crippen LogP contribution >= 0.6 is 0 Å². The highest BCUT2D eigenvalue weighted by Crippen LogP contribution is 2.17. The number of carboxylic acid groups (broad SMARTS) is 1. The molecule has 0 rings (SSSR count). The van der Waals surface area contributed by atoms with Crippen molar-refractivity contribution in [2.45, 2.75) is 57.9 Å². The minimum Gasteiger partial charge on any atom is -0.548 e. The average Bonchev–Trinajstić information content (AvgIpc) is 2.11. The Kier molecular flexibility index (Phi) is 5.71. The molecule has 0 heterocycles. The fraction of sp³-hybridized carbons (Fsp3) is 0.900. The molecule has 0 atom stereocenters. The Balaban J connectivity index is 4.08. The molecular weight excluding hydrogens is 166 g/mol. The molecule has 0 aromatic rings. The number of aliphatic carboxylic acids is 1. The number of rotatable bonds is 7. The van der Waals surface area contributed by atoms with E-state index < -0.39 is 11.5 Å². The van der Waals surface area contributed by atoms with E-state index >= 15 is 0 Å².